The molecule has 1 aliphatic heterocycles. The highest BCUT2D eigenvalue weighted by molar-refractivity contribution is 5.43. The summed E-state index contributed by atoms with van der Waals surface area (Å²) in [6.45, 7) is 6.16. The van der Waals surface area contributed by atoms with Crippen molar-refractivity contribution in [1.29, 1.82) is 0 Å². The molecule has 2 aliphatic rings. The van der Waals surface area contributed by atoms with Crippen molar-refractivity contribution in [3.05, 3.63) is 23.4 Å². The third-order valence-electron chi connectivity index (χ3n) is 4.51. The average molecular weight is 289 g/mol. The van der Waals surface area contributed by atoms with Crippen molar-refractivity contribution in [1.82, 2.24) is 10.3 Å². The molecule has 1 N–H and O–H groups in total. The Morgan fingerprint density at radius 3 is 2.67 bits per heavy atom. The van der Waals surface area contributed by atoms with Crippen LogP contribution in [-0.4, -0.2) is 37.8 Å². The summed E-state index contributed by atoms with van der Waals surface area (Å²) in [5.41, 5.74) is 2.49. The molecule has 1 aromatic heterocycles. The van der Waals surface area contributed by atoms with Gasteiger partial charge in [-0.15, -0.1) is 0 Å². The number of methoxy groups -OCH3 is 1. The minimum absolute atomic E-state index is 0.715. The highest BCUT2D eigenvalue weighted by atomic mass is 16.5. The Morgan fingerprint density at radius 2 is 2.00 bits per heavy atom. The van der Waals surface area contributed by atoms with Gasteiger partial charge in [-0.3, -0.25) is 0 Å². The predicted molar refractivity (Wildman–Crippen MR) is 85.6 cm³/mol. The second kappa shape index (κ2) is 6.75. The molecule has 4 nitrogen and oxygen atoms in total. The third kappa shape index (κ3) is 4.17. The molecule has 116 valence electrons. The van der Waals surface area contributed by atoms with Crippen molar-refractivity contribution in [2.45, 2.75) is 45.2 Å². The number of nitrogens with zero attached hydrogens (tertiary/aromatic N) is 2. The molecule has 3 rings (SSSR count). The number of hydrogen-bond acceptors (Lipinski definition) is 4. The van der Waals surface area contributed by atoms with Crippen LogP contribution < -0.4 is 10.2 Å². The van der Waals surface area contributed by atoms with E-state index in [0.29, 0.717) is 5.92 Å². The first kappa shape index (κ1) is 14.8. The van der Waals surface area contributed by atoms with Crippen LogP contribution in [-0.2, 0) is 11.3 Å². The Labute approximate surface area is 127 Å². The number of piperidine rings is 1. The molecule has 0 amide bonds. The second-order valence-corrected chi connectivity index (χ2v) is 6.52. The van der Waals surface area contributed by atoms with Gasteiger partial charge in [0.1, 0.15) is 5.82 Å². The lowest BCUT2D eigenvalue weighted by Gasteiger charge is -2.32. The highest BCUT2D eigenvalue weighted by Crippen LogP contribution is 2.24. The summed E-state index contributed by atoms with van der Waals surface area (Å²) in [4.78, 5) is 7.17. The quantitative estimate of drug-likeness (QED) is 0.873. The molecule has 4 heteroatoms. The fourth-order valence-electron chi connectivity index (χ4n) is 3.10. The van der Waals surface area contributed by atoms with Crippen LogP contribution >= 0.6 is 0 Å². The summed E-state index contributed by atoms with van der Waals surface area (Å²) in [5, 5.41) is 3.59. The largest absolute Gasteiger partial charge is 0.384 e. The lowest BCUT2D eigenvalue weighted by Crippen LogP contribution is -2.35. The van der Waals surface area contributed by atoms with Gasteiger partial charge in [-0.1, -0.05) is 0 Å². The number of pyridine rings is 1. The van der Waals surface area contributed by atoms with Crippen LogP contribution in [0, 0.1) is 12.8 Å². The Balaban J connectivity index is 1.61. The third-order valence-corrected chi connectivity index (χ3v) is 4.51. The van der Waals surface area contributed by atoms with Gasteiger partial charge >= 0.3 is 0 Å². The van der Waals surface area contributed by atoms with Crippen molar-refractivity contribution in [2.24, 2.45) is 5.92 Å². The molecule has 0 radical (unpaired) electrons. The fourth-order valence-corrected chi connectivity index (χ4v) is 3.10. The van der Waals surface area contributed by atoms with E-state index >= 15 is 0 Å². The minimum atomic E-state index is 0.715. The van der Waals surface area contributed by atoms with E-state index in [-0.39, 0.29) is 0 Å². The van der Waals surface area contributed by atoms with Gasteiger partial charge in [0.25, 0.3) is 0 Å². The SMILES string of the molecule is COCC1CCN(c2cc(CNC3CC3)cc(C)n2)CC1. The first-order chi connectivity index (χ1) is 10.2. The van der Waals surface area contributed by atoms with E-state index in [1.807, 2.05) is 0 Å². The number of aryl methyl sites for hydroxylation is 1. The van der Waals surface area contributed by atoms with E-state index in [1.54, 1.807) is 7.11 Å². The van der Waals surface area contributed by atoms with Crippen LogP contribution in [0.15, 0.2) is 12.1 Å². The molecular formula is C17H27N3O. The average Bonchev–Trinajstić information content (AvgIpc) is 3.30. The van der Waals surface area contributed by atoms with Gasteiger partial charge < -0.3 is 15.0 Å². The topological polar surface area (TPSA) is 37.4 Å². The summed E-state index contributed by atoms with van der Waals surface area (Å²) in [6, 6.07) is 5.22. The summed E-state index contributed by atoms with van der Waals surface area (Å²) in [6.07, 6.45) is 5.09. The van der Waals surface area contributed by atoms with Crippen LogP contribution in [0.25, 0.3) is 0 Å². The number of nitrogens with one attached hydrogen (secondary N) is 1. The molecule has 21 heavy (non-hydrogen) atoms. The molecule has 2 fully saturated rings. The molecule has 1 aromatic rings. The lowest BCUT2D eigenvalue weighted by atomic mass is 9.98. The van der Waals surface area contributed by atoms with Crippen LogP contribution in [0.1, 0.15) is 36.9 Å². The number of anilines is 1. The summed E-state index contributed by atoms with van der Waals surface area (Å²) in [7, 11) is 1.80. The maximum Gasteiger partial charge on any atom is 0.129 e. The van der Waals surface area contributed by atoms with Crippen LogP contribution in [0.3, 0.4) is 0 Å². The van der Waals surface area contributed by atoms with Crippen molar-refractivity contribution in [3.8, 4) is 0 Å². The van der Waals surface area contributed by atoms with E-state index in [2.05, 4.69) is 29.3 Å². The smallest absolute Gasteiger partial charge is 0.129 e. The maximum atomic E-state index is 5.28. The zero-order valence-corrected chi connectivity index (χ0v) is 13.3. The fraction of sp³-hybridized carbons (Fsp3) is 0.706. The first-order valence-electron chi connectivity index (χ1n) is 8.19. The van der Waals surface area contributed by atoms with E-state index < -0.39 is 0 Å². The number of aromatic nitrogens is 1. The van der Waals surface area contributed by atoms with Crippen LogP contribution in [0.4, 0.5) is 5.82 Å². The minimum Gasteiger partial charge on any atom is -0.384 e. The van der Waals surface area contributed by atoms with Crippen molar-refractivity contribution in [2.75, 3.05) is 31.7 Å². The molecule has 2 heterocycles. The second-order valence-electron chi connectivity index (χ2n) is 6.52. The monoisotopic (exact) mass is 289 g/mol. The van der Waals surface area contributed by atoms with Gasteiger partial charge in [0.15, 0.2) is 0 Å². The number of hydrogen-bond donors (Lipinski definition) is 1. The van der Waals surface area contributed by atoms with Crippen LogP contribution in [0.2, 0.25) is 0 Å². The zero-order valence-electron chi connectivity index (χ0n) is 13.3. The molecule has 1 saturated heterocycles. The lowest BCUT2D eigenvalue weighted by molar-refractivity contribution is 0.139. The van der Waals surface area contributed by atoms with Gasteiger partial charge in [-0.2, -0.15) is 0 Å². The van der Waals surface area contributed by atoms with Crippen molar-refractivity contribution >= 4 is 5.82 Å². The van der Waals surface area contributed by atoms with Gasteiger partial charge in [0, 0.05) is 45.1 Å². The van der Waals surface area contributed by atoms with Gasteiger partial charge in [-0.25, -0.2) is 4.98 Å². The van der Waals surface area contributed by atoms with Gasteiger partial charge in [-0.05, 0) is 56.2 Å². The van der Waals surface area contributed by atoms with E-state index in [1.165, 1.54) is 31.2 Å². The molecule has 0 spiro atoms. The van der Waals surface area contributed by atoms with E-state index in [0.717, 1.165) is 43.8 Å². The standard InChI is InChI=1S/C17H27N3O/c1-13-9-15(11-18-16-3-4-16)10-17(19-13)20-7-5-14(6-8-20)12-21-2/h9-10,14,16,18H,3-8,11-12H2,1-2H3. The number of rotatable bonds is 6. The Morgan fingerprint density at radius 1 is 1.24 bits per heavy atom. The molecular weight excluding hydrogens is 262 g/mol. The number of ether oxygens (including phenoxy) is 1. The highest BCUT2D eigenvalue weighted by Gasteiger charge is 2.22. The Bertz CT molecular complexity index is 465. The van der Waals surface area contributed by atoms with Crippen LogP contribution in [0.5, 0.6) is 0 Å². The van der Waals surface area contributed by atoms with E-state index in [9.17, 15) is 0 Å². The van der Waals surface area contributed by atoms with Crippen molar-refractivity contribution in [3.63, 3.8) is 0 Å². The Kier molecular flexibility index (Phi) is 4.76. The molecule has 1 saturated carbocycles. The molecule has 1 aliphatic carbocycles. The van der Waals surface area contributed by atoms with Gasteiger partial charge in [0.05, 0.1) is 0 Å². The molecule has 0 atom stereocenters. The van der Waals surface area contributed by atoms with E-state index in [4.69, 9.17) is 9.72 Å². The Hall–Kier alpha value is -1.13. The molecule has 0 aromatic carbocycles. The normalized spacial score (nSPS) is 20.0. The first-order valence-corrected chi connectivity index (χ1v) is 8.19. The van der Waals surface area contributed by atoms with Gasteiger partial charge in [0.2, 0.25) is 0 Å². The zero-order chi connectivity index (χ0) is 14.7. The maximum absolute atomic E-state index is 5.28. The summed E-state index contributed by atoms with van der Waals surface area (Å²) >= 11 is 0. The summed E-state index contributed by atoms with van der Waals surface area (Å²) < 4.78 is 5.28. The molecule has 0 unspecified atom stereocenters. The summed E-state index contributed by atoms with van der Waals surface area (Å²) in [5.74, 6) is 1.87. The predicted octanol–water partition coefficient (Wildman–Crippen LogP) is 2.50. The van der Waals surface area contributed by atoms with Crippen molar-refractivity contribution < 1.29 is 4.74 Å². The molecule has 0 bridgehead atoms.